The third-order valence-electron chi connectivity index (χ3n) is 5.35. The first kappa shape index (κ1) is 17.5. The van der Waals surface area contributed by atoms with E-state index in [1.807, 2.05) is 41.3 Å². The minimum atomic E-state index is 0.0367. The lowest BCUT2D eigenvalue weighted by Crippen LogP contribution is -2.38. The van der Waals surface area contributed by atoms with Crippen LogP contribution in [-0.4, -0.2) is 35.5 Å². The summed E-state index contributed by atoms with van der Waals surface area (Å²) in [7, 11) is 0. The Morgan fingerprint density at radius 2 is 1.89 bits per heavy atom. The Balaban J connectivity index is 1.46. The largest absolute Gasteiger partial charge is 0.490 e. The van der Waals surface area contributed by atoms with Crippen LogP contribution in [0.5, 0.6) is 11.5 Å². The van der Waals surface area contributed by atoms with Gasteiger partial charge in [0.1, 0.15) is 5.01 Å². The second-order valence-corrected chi connectivity index (χ2v) is 8.30. The summed E-state index contributed by atoms with van der Waals surface area (Å²) in [6, 6.07) is 13.7. The van der Waals surface area contributed by atoms with Gasteiger partial charge in [-0.1, -0.05) is 12.1 Å². The van der Waals surface area contributed by atoms with Gasteiger partial charge in [0.25, 0.3) is 5.91 Å². The Hall–Kier alpha value is -2.60. The van der Waals surface area contributed by atoms with Crippen LogP contribution in [0.15, 0.2) is 42.5 Å². The van der Waals surface area contributed by atoms with Crippen molar-refractivity contribution in [2.24, 2.45) is 0 Å². The van der Waals surface area contributed by atoms with Crippen molar-refractivity contribution >= 4 is 27.5 Å². The van der Waals surface area contributed by atoms with E-state index in [9.17, 15) is 4.79 Å². The number of piperidine rings is 1. The molecular weight excluding hydrogens is 372 g/mol. The molecule has 2 aliphatic rings. The first-order valence-corrected chi connectivity index (χ1v) is 10.7. The number of ether oxygens (including phenoxy) is 2. The minimum absolute atomic E-state index is 0.0367. The lowest BCUT2D eigenvalue weighted by molar-refractivity contribution is 0.0611. The molecule has 1 aromatic heterocycles. The molecular formula is C22H22N2O3S. The van der Waals surface area contributed by atoms with E-state index in [4.69, 9.17) is 14.5 Å². The Bertz CT molecular complexity index is 983. The van der Waals surface area contributed by atoms with Crippen molar-refractivity contribution in [3.05, 3.63) is 53.0 Å². The number of fused-ring (bicyclic) bond motifs is 2. The molecule has 6 heteroatoms. The summed E-state index contributed by atoms with van der Waals surface area (Å²) >= 11 is 1.70. The molecule has 5 nitrogen and oxygen atoms in total. The Morgan fingerprint density at radius 3 is 2.79 bits per heavy atom. The molecule has 0 aliphatic carbocycles. The fourth-order valence-corrected chi connectivity index (χ4v) is 5.04. The average Bonchev–Trinajstić information content (AvgIpc) is 3.04. The maximum atomic E-state index is 13.4. The number of thiazole rings is 1. The molecule has 0 N–H and O–H groups in total. The highest BCUT2D eigenvalue weighted by molar-refractivity contribution is 7.18. The number of likely N-dealkylation sites (tertiary alicyclic amines) is 1. The fourth-order valence-electron chi connectivity index (χ4n) is 3.93. The first-order chi connectivity index (χ1) is 13.8. The number of rotatable bonds is 2. The number of carbonyl (C=O) groups excluding carboxylic acids is 1. The lowest BCUT2D eigenvalue weighted by atomic mass is 10.0. The van der Waals surface area contributed by atoms with Crippen LogP contribution < -0.4 is 9.47 Å². The predicted molar refractivity (Wildman–Crippen MR) is 109 cm³/mol. The van der Waals surface area contributed by atoms with Gasteiger partial charge in [-0.25, -0.2) is 4.98 Å². The number of nitrogens with zero attached hydrogens (tertiary/aromatic N) is 2. The second-order valence-electron chi connectivity index (χ2n) is 7.24. The monoisotopic (exact) mass is 394 g/mol. The smallest absolute Gasteiger partial charge is 0.254 e. The molecule has 0 spiro atoms. The molecule has 1 saturated heterocycles. The Morgan fingerprint density at radius 1 is 1.04 bits per heavy atom. The predicted octanol–water partition coefficient (Wildman–Crippen LogP) is 4.83. The number of para-hydroxylation sites is 1. The molecule has 1 atom stereocenters. The maximum absolute atomic E-state index is 13.4. The van der Waals surface area contributed by atoms with Gasteiger partial charge < -0.3 is 14.4 Å². The molecule has 2 aromatic carbocycles. The Kier molecular flexibility index (Phi) is 4.64. The van der Waals surface area contributed by atoms with Crippen LogP contribution in [0.3, 0.4) is 0 Å². The van der Waals surface area contributed by atoms with E-state index in [1.165, 1.54) is 4.70 Å². The second kappa shape index (κ2) is 7.43. The zero-order chi connectivity index (χ0) is 18.9. The lowest BCUT2D eigenvalue weighted by Gasteiger charge is -2.34. The van der Waals surface area contributed by atoms with Gasteiger partial charge in [-0.3, -0.25) is 4.79 Å². The number of hydrogen-bond donors (Lipinski definition) is 0. The van der Waals surface area contributed by atoms with E-state index in [-0.39, 0.29) is 11.9 Å². The van der Waals surface area contributed by atoms with Gasteiger partial charge in [0.15, 0.2) is 11.5 Å². The van der Waals surface area contributed by atoms with Gasteiger partial charge in [-0.15, -0.1) is 11.3 Å². The van der Waals surface area contributed by atoms with Gasteiger partial charge >= 0.3 is 0 Å². The molecule has 0 unspecified atom stereocenters. The number of carbonyl (C=O) groups is 1. The summed E-state index contributed by atoms with van der Waals surface area (Å²) in [5.41, 5.74) is 1.66. The van der Waals surface area contributed by atoms with E-state index in [1.54, 1.807) is 11.3 Å². The van der Waals surface area contributed by atoms with Crippen LogP contribution in [-0.2, 0) is 0 Å². The average molecular weight is 394 g/mol. The highest BCUT2D eigenvalue weighted by atomic mass is 32.1. The van der Waals surface area contributed by atoms with E-state index in [2.05, 4.69) is 6.07 Å². The van der Waals surface area contributed by atoms with Crippen LogP contribution >= 0.6 is 11.3 Å². The number of benzene rings is 2. The van der Waals surface area contributed by atoms with Gasteiger partial charge in [0, 0.05) is 18.5 Å². The van der Waals surface area contributed by atoms with E-state index >= 15 is 0 Å². The molecule has 28 heavy (non-hydrogen) atoms. The Labute approximate surface area is 167 Å². The number of aromatic nitrogens is 1. The molecule has 0 radical (unpaired) electrons. The number of hydrogen-bond acceptors (Lipinski definition) is 5. The van der Waals surface area contributed by atoms with Crippen molar-refractivity contribution in [2.45, 2.75) is 31.7 Å². The van der Waals surface area contributed by atoms with Crippen molar-refractivity contribution in [1.29, 1.82) is 0 Å². The van der Waals surface area contributed by atoms with Crippen LogP contribution in [0.1, 0.15) is 47.1 Å². The van der Waals surface area contributed by atoms with Crippen LogP contribution in [0.2, 0.25) is 0 Å². The van der Waals surface area contributed by atoms with E-state index in [0.717, 1.165) is 48.5 Å². The highest BCUT2D eigenvalue weighted by Crippen LogP contribution is 2.37. The van der Waals surface area contributed by atoms with Crippen molar-refractivity contribution < 1.29 is 14.3 Å². The van der Waals surface area contributed by atoms with Crippen molar-refractivity contribution in [3.8, 4) is 11.5 Å². The minimum Gasteiger partial charge on any atom is -0.490 e. The molecule has 1 fully saturated rings. The van der Waals surface area contributed by atoms with Gasteiger partial charge in [0.05, 0.1) is 29.5 Å². The third kappa shape index (κ3) is 3.22. The molecule has 144 valence electrons. The zero-order valence-corrected chi connectivity index (χ0v) is 16.4. The van der Waals surface area contributed by atoms with Crippen molar-refractivity contribution in [2.75, 3.05) is 19.8 Å². The van der Waals surface area contributed by atoms with Crippen LogP contribution in [0.4, 0.5) is 0 Å². The summed E-state index contributed by atoms with van der Waals surface area (Å²) in [5, 5.41) is 1.03. The van der Waals surface area contributed by atoms with Gasteiger partial charge in [-0.05, 0) is 49.6 Å². The number of amides is 1. The molecule has 0 saturated carbocycles. The molecule has 0 bridgehead atoms. The summed E-state index contributed by atoms with van der Waals surface area (Å²) in [6.45, 7) is 2.02. The van der Waals surface area contributed by atoms with Crippen molar-refractivity contribution in [1.82, 2.24) is 9.88 Å². The zero-order valence-electron chi connectivity index (χ0n) is 15.6. The fraction of sp³-hybridized carbons (Fsp3) is 0.364. The van der Waals surface area contributed by atoms with Crippen LogP contribution in [0.25, 0.3) is 10.2 Å². The highest BCUT2D eigenvalue weighted by Gasteiger charge is 2.31. The maximum Gasteiger partial charge on any atom is 0.254 e. The first-order valence-electron chi connectivity index (χ1n) is 9.86. The van der Waals surface area contributed by atoms with Crippen molar-refractivity contribution in [3.63, 3.8) is 0 Å². The SMILES string of the molecule is O=C(c1ccc2c(c1)OCCCO2)N1CCCC[C@@H]1c1nc2ccccc2s1. The molecule has 3 heterocycles. The normalized spacial score (nSPS) is 19.4. The van der Waals surface area contributed by atoms with Crippen LogP contribution in [0, 0.1) is 0 Å². The van der Waals surface area contributed by atoms with E-state index < -0.39 is 0 Å². The topological polar surface area (TPSA) is 51.7 Å². The van der Waals surface area contributed by atoms with E-state index in [0.29, 0.717) is 24.5 Å². The quantitative estimate of drug-likeness (QED) is 0.625. The molecule has 3 aromatic rings. The summed E-state index contributed by atoms with van der Waals surface area (Å²) in [4.78, 5) is 20.2. The summed E-state index contributed by atoms with van der Waals surface area (Å²) in [5.74, 6) is 1.42. The van der Waals surface area contributed by atoms with Gasteiger partial charge in [-0.2, -0.15) is 0 Å². The van der Waals surface area contributed by atoms with Gasteiger partial charge in [0.2, 0.25) is 0 Å². The molecule has 1 amide bonds. The summed E-state index contributed by atoms with van der Waals surface area (Å²) in [6.07, 6.45) is 3.95. The standard InChI is InChI=1S/C22H22N2O3S/c25-22(15-9-10-18-19(14-15)27-13-5-12-26-18)24-11-4-3-7-17(24)21-23-16-6-1-2-8-20(16)28-21/h1-2,6,8-10,14,17H,3-5,7,11-13H2/t17-/m1/s1. The molecule has 2 aliphatic heterocycles. The summed E-state index contributed by atoms with van der Waals surface area (Å²) < 4.78 is 12.6. The third-order valence-corrected chi connectivity index (χ3v) is 6.49. The molecule has 5 rings (SSSR count).